The van der Waals surface area contributed by atoms with Gasteiger partial charge in [-0.15, -0.1) is 0 Å². The van der Waals surface area contributed by atoms with Crippen LogP contribution in [0.15, 0.2) is 78.9 Å². The lowest BCUT2D eigenvalue weighted by Gasteiger charge is -2.18. The molecule has 0 saturated heterocycles. The maximum absolute atomic E-state index is 13.2. The number of aromatic nitrogens is 2. The minimum atomic E-state index is -0.680. The first kappa shape index (κ1) is 25.4. The van der Waals surface area contributed by atoms with E-state index in [1.54, 1.807) is 55.6 Å². The number of halogens is 1. The van der Waals surface area contributed by atoms with Crippen LogP contribution in [0.2, 0.25) is 5.02 Å². The Bertz CT molecular complexity index is 1440. The quantitative estimate of drug-likeness (QED) is 0.301. The average molecular weight is 531 g/mol. The van der Waals surface area contributed by atoms with Gasteiger partial charge in [0.15, 0.2) is 5.82 Å². The van der Waals surface area contributed by atoms with Crippen molar-refractivity contribution >= 4 is 35.1 Å². The number of carbonyl (C=O) groups excluding carboxylic acids is 2. The van der Waals surface area contributed by atoms with Crippen molar-refractivity contribution in [2.75, 3.05) is 17.3 Å². The Balaban J connectivity index is 1.29. The van der Waals surface area contributed by atoms with Gasteiger partial charge in [-0.25, -0.2) is 9.78 Å². The molecule has 0 fully saturated rings. The van der Waals surface area contributed by atoms with Gasteiger partial charge in [0.25, 0.3) is 5.91 Å². The predicted molar refractivity (Wildman–Crippen MR) is 146 cm³/mol. The van der Waals surface area contributed by atoms with Gasteiger partial charge in [-0.2, -0.15) is 0 Å². The van der Waals surface area contributed by atoms with E-state index in [9.17, 15) is 9.59 Å². The number of carbonyl (C=O) groups is 2. The number of imidazole rings is 1. The van der Waals surface area contributed by atoms with Crippen LogP contribution >= 0.6 is 11.6 Å². The van der Waals surface area contributed by atoms with Crippen LogP contribution in [0, 0.1) is 0 Å². The number of nitrogens with one attached hydrogen (secondary N) is 1. The minimum absolute atomic E-state index is 0.234. The van der Waals surface area contributed by atoms with Crippen LogP contribution in [-0.4, -0.2) is 28.6 Å². The molecule has 0 bridgehead atoms. The fraction of sp³-hybridized carbons (Fsp3) is 0.207. The Morgan fingerprint density at radius 1 is 1.03 bits per heavy atom. The molecule has 1 aromatic heterocycles. The molecule has 3 aromatic carbocycles. The number of ether oxygens (including phenoxy) is 2. The first-order chi connectivity index (χ1) is 18.5. The zero-order valence-corrected chi connectivity index (χ0v) is 21.6. The molecule has 194 valence electrons. The zero-order chi connectivity index (χ0) is 26.5. The lowest BCUT2D eigenvalue weighted by atomic mass is 10.2. The molecule has 5 rings (SSSR count). The second-order valence-corrected chi connectivity index (χ2v) is 9.39. The number of hydrogen-bond donors (Lipinski definition) is 1. The van der Waals surface area contributed by atoms with E-state index in [2.05, 4.69) is 10.3 Å². The summed E-state index contributed by atoms with van der Waals surface area (Å²) in [5.74, 6) is 1.67. The third-order valence-corrected chi connectivity index (χ3v) is 6.48. The van der Waals surface area contributed by atoms with E-state index < -0.39 is 6.09 Å². The molecule has 8 nitrogen and oxygen atoms in total. The summed E-state index contributed by atoms with van der Waals surface area (Å²) in [6.07, 6.45) is 1.96. The lowest BCUT2D eigenvalue weighted by molar-refractivity contribution is 0.0991. The Kier molecular flexibility index (Phi) is 7.60. The van der Waals surface area contributed by atoms with Crippen LogP contribution < -0.4 is 19.7 Å². The summed E-state index contributed by atoms with van der Waals surface area (Å²) in [6, 6.07) is 23.6. The summed E-state index contributed by atoms with van der Waals surface area (Å²) in [7, 11) is 1.61. The third kappa shape index (κ3) is 5.81. The normalized spacial score (nSPS) is 12.4. The van der Waals surface area contributed by atoms with Crippen LogP contribution in [0.4, 0.5) is 16.3 Å². The smallest absolute Gasteiger partial charge is 0.418 e. The highest BCUT2D eigenvalue weighted by Crippen LogP contribution is 2.33. The first-order valence-electron chi connectivity index (χ1n) is 12.4. The van der Waals surface area contributed by atoms with Crippen molar-refractivity contribution in [2.24, 2.45) is 0 Å². The van der Waals surface area contributed by atoms with E-state index in [4.69, 9.17) is 21.1 Å². The number of amides is 2. The number of hydrogen-bond acceptors (Lipinski definition) is 5. The van der Waals surface area contributed by atoms with Gasteiger partial charge in [0, 0.05) is 36.3 Å². The maximum Gasteiger partial charge on any atom is 0.418 e. The van der Waals surface area contributed by atoms with Crippen molar-refractivity contribution in [3.8, 4) is 11.6 Å². The van der Waals surface area contributed by atoms with E-state index in [0.717, 1.165) is 30.7 Å². The molecule has 1 aliphatic heterocycles. The zero-order valence-electron chi connectivity index (χ0n) is 20.9. The van der Waals surface area contributed by atoms with Crippen molar-refractivity contribution < 1.29 is 19.1 Å². The van der Waals surface area contributed by atoms with Gasteiger partial charge in [0.05, 0.1) is 0 Å². The number of anilines is 2. The van der Waals surface area contributed by atoms with Crippen LogP contribution in [-0.2, 0) is 19.6 Å². The summed E-state index contributed by atoms with van der Waals surface area (Å²) < 4.78 is 13.4. The van der Waals surface area contributed by atoms with Crippen LogP contribution in [0.5, 0.6) is 11.6 Å². The SMILES string of the molecule is CN(C(=O)c1cccc(Cl)c1)c1nc2n(c1OC(=O)Nc1ccc(OCc3ccccc3)cc1)CCCC2. The molecule has 4 aromatic rings. The maximum atomic E-state index is 13.2. The van der Waals surface area contributed by atoms with Crippen LogP contribution in [0.1, 0.15) is 34.6 Å². The number of rotatable bonds is 7. The molecule has 9 heteroatoms. The molecular formula is C29H27ClN4O4. The van der Waals surface area contributed by atoms with Crippen LogP contribution in [0.3, 0.4) is 0 Å². The Labute approximate surface area is 225 Å². The summed E-state index contributed by atoms with van der Waals surface area (Å²) in [5.41, 5.74) is 2.03. The van der Waals surface area contributed by atoms with E-state index in [-0.39, 0.29) is 17.6 Å². The number of nitrogens with zero attached hydrogens (tertiary/aromatic N) is 3. The number of fused-ring (bicyclic) bond motifs is 1. The summed E-state index contributed by atoms with van der Waals surface area (Å²) >= 11 is 6.08. The molecular weight excluding hydrogens is 504 g/mol. The summed E-state index contributed by atoms with van der Waals surface area (Å²) in [6.45, 7) is 1.10. The van der Waals surface area contributed by atoms with E-state index in [1.165, 1.54) is 4.90 Å². The molecule has 0 radical (unpaired) electrons. The average Bonchev–Trinajstić information content (AvgIpc) is 3.30. The molecule has 2 amide bonds. The molecule has 0 atom stereocenters. The predicted octanol–water partition coefficient (Wildman–Crippen LogP) is 6.34. The van der Waals surface area contributed by atoms with Crippen molar-refractivity contribution in [1.29, 1.82) is 0 Å². The van der Waals surface area contributed by atoms with Gasteiger partial charge in [0.2, 0.25) is 5.88 Å². The number of aryl methyl sites for hydroxylation is 1. The Morgan fingerprint density at radius 3 is 2.58 bits per heavy atom. The summed E-state index contributed by atoms with van der Waals surface area (Å²) in [5, 5.41) is 3.20. The van der Waals surface area contributed by atoms with Gasteiger partial charge >= 0.3 is 6.09 Å². The highest BCUT2D eigenvalue weighted by Gasteiger charge is 2.28. The Hall–Kier alpha value is -4.30. The molecule has 0 spiro atoms. The molecule has 0 aliphatic carbocycles. The fourth-order valence-corrected chi connectivity index (χ4v) is 4.47. The van der Waals surface area contributed by atoms with Gasteiger partial charge in [-0.1, -0.05) is 48.0 Å². The Morgan fingerprint density at radius 2 is 1.82 bits per heavy atom. The highest BCUT2D eigenvalue weighted by molar-refractivity contribution is 6.31. The van der Waals surface area contributed by atoms with Crippen molar-refractivity contribution in [2.45, 2.75) is 32.4 Å². The second-order valence-electron chi connectivity index (χ2n) is 8.95. The number of benzene rings is 3. The van der Waals surface area contributed by atoms with Crippen LogP contribution in [0.25, 0.3) is 0 Å². The largest absolute Gasteiger partial charge is 0.489 e. The van der Waals surface area contributed by atoms with Gasteiger partial charge < -0.3 is 9.47 Å². The van der Waals surface area contributed by atoms with Crippen molar-refractivity contribution in [3.63, 3.8) is 0 Å². The standard InChI is InChI=1S/C29H27ClN4O4/c1-33(27(35)21-10-7-11-22(30)18-21)26-28(34-17-6-5-12-25(34)32-26)38-29(36)31-23-13-15-24(16-14-23)37-19-20-8-3-2-4-9-20/h2-4,7-11,13-16,18H,5-6,12,17,19H2,1H3,(H,31,36). The first-order valence-corrected chi connectivity index (χ1v) is 12.7. The van der Waals surface area contributed by atoms with Gasteiger partial charge in [-0.05, 0) is 60.9 Å². The van der Waals surface area contributed by atoms with Crippen molar-refractivity contribution in [1.82, 2.24) is 9.55 Å². The van der Waals surface area contributed by atoms with Gasteiger partial charge in [-0.3, -0.25) is 19.6 Å². The summed E-state index contributed by atoms with van der Waals surface area (Å²) in [4.78, 5) is 32.1. The molecule has 0 saturated carbocycles. The second kappa shape index (κ2) is 11.4. The fourth-order valence-electron chi connectivity index (χ4n) is 4.28. The topological polar surface area (TPSA) is 85.7 Å². The van der Waals surface area contributed by atoms with Crippen molar-refractivity contribution in [3.05, 3.63) is 101 Å². The molecule has 1 aliphatic rings. The minimum Gasteiger partial charge on any atom is -0.489 e. The monoisotopic (exact) mass is 530 g/mol. The van der Waals surface area contributed by atoms with E-state index in [0.29, 0.717) is 35.2 Å². The third-order valence-electron chi connectivity index (χ3n) is 6.25. The van der Waals surface area contributed by atoms with E-state index in [1.807, 2.05) is 34.9 Å². The highest BCUT2D eigenvalue weighted by atomic mass is 35.5. The lowest BCUT2D eigenvalue weighted by Crippen LogP contribution is -2.28. The van der Waals surface area contributed by atoms with E-state index >= 15 is 0 Å². The molecule has 0 unspecified atom stereocenters. The molecule has 1 N–H and O–H groups in total. The van der Waals surface area contributed by atoms with Gasteiger partial charge in [0.1, 0.15) is 18.2 Å². The molecule has 38 heavy (non-hydrogen) atoms. The molecule has 2 heterocycles.